The standard InChI is InChI=1S/C17H17ClFN3O5/c1-17(9-2-3-9)15(25)22(16(26)21-17)7-14(24)27-8-13(23)20-12-5-4-10(19)6-11(12)18/h4-6,9H,2-3,7-8H2,1H3,(H,20,23)(H,21,26)/t17-/m0/s1. The zero-order valence-corrected chi connectivity index (χ0v) is 15.1. The van der Waals surface area contributed by atoms with Crippen molar-refractivity contribution in [2.75, 3.05) is 18.5 Å². The van der Waals surface area contributed by atoms with Gasteiger partial charge in [-0.3, -0.25) is 19.3 Å². The maximum atomic E-state index is 13.0. The summed E-state index contributed by atoms with van der Waals surface area (Å²) >= 11 is 5.79. The molecule has 0 unspecified atom stereocenters. The molecule has 1 saturated heterocycles. The van der Waals surface area contributed by atoms with Gasteiger partial charge < -0.3 is 15.4 Å². The molecule has 0 radical (unpaired) electrons. The Morgan fingerprint density at radius 2 is 2.11 bits per heavy atom. The highest BCUT2D eigenvalue weighted by Crippen LogP contribution is 2.42. The van der Waals surface area contributed by atoms with Gasteiger partial charge in [0.15, 0.2) is 6.61 Å². The van der Waals surface area contributed by atoms with E-state index in [1.54, 1.807) is 6.92 Å². The lowest BCUT2D eigenvalue weighted by atomic mass is 9.96. The Morgan fingerprint density at radius 3 is 2.74 bits per heavy atom. The average molecular weight is 398 g/mol. The molecule has 1 heterocycles. The summed E-state index contributed by atoms with van der Waals surface area (Å²) in [5, 5.41) is 4.97. The molecule has 4 amide bonds. The number of nitrogens with one attached hydrogen (secondary N) is 2. The Bertz CT molecular complexity index is 829. The van der Waals surface area contributed by atoms with E-state index in [1.165, 1.54) is 6.07 Å². The molecule has 1 atom stereocenters. The van der Waals surface area contributed by atoms with E-state index in [0.717, 1.165) is 29.9 Å². The van der Waals surface area contributed by atoms with Gasteiger partial charge in [0.05, 0.1) is 10.7 Å². The molecule has 0 spiro atoms. The van der Waals surface area contributed by atoms with Crippen molar-refractivity contribution < 1.29 is 28.3 Å². The molecule has 144 valence electrons. The van der Waals surface area contributed by atoms with E-state index >= 15 is 0 Å². The van der Waals surface area contributed by atoms with E-state index in [1.807, 2.05) is 0 Å². The van der Waals surface area contributed by atoms with E-state index in [9.17, 15) is 23.6 Å². The van der Waals surface area contributed by atoms with Crippen LogP contribution < -0.4 is 10.6 Å². The maximum Gasteiger partial charge on any atom is 0.326 e. The number of anilines is 1. The topological polar surface area (TPSA) is 105 Å². The largest absolute Gasteiger partial charge is 0.454 e. The second kappa shape index (κ2) is 7.15. The van der Waals surface area contributed by atoms with Crippen molar-refractivity contribution in [3.8, 4) is 0 Å². The van der Waals surface area contributed by atoms with E-state index < -0.39 is 48.3 Å². The molecule has 1 aliphatic heterocycles. The van der Waals surface area contributed by atoms with Crippen molar-refractivity contribution in [2.24, 2.45) is 5.92 Å². The van der Waals surface area contributed by atoms with Crippen LogP contribution in [-0.4, -0.2) is 47.4 Å². The first kappa shape index (κ1) is 19.1. The highest BCUT2D eigenvalue weighted by Gasteiger charge is 2.56. The van der Waals surface area contributed by atoms with Crippen LogP contribution in [0.1, 0.15) is 19.8 Å². The first-order chi connectivity index (χ1) is 12.7. The number of esters is 1. The molecular formula is C17H17ClFN3O5. The lowest BCUT2D eigenvalue weighted by Gasteiger charge is -2.20. The number of rotatable bonds is 6. The normalized spacial score (nSPS) is 21.8. The number of carbonyl (C=O) groups excluding carboxylic acids is 4. The van der Waals surface area contributed by atoms with Gasteiger partial charge in [-0.1, -0.05) is 11.6 Å². The number of nitrogens with zero attached hydrogens (tertiary/aromatic N) is 1. The molecule has 1 aliphatic carbocycles. The quantitative estimate of drug-likeness (QED) is 0.561. The minimum absolute atomic E-state index is 0.00614. The summed E-state index contributed by atoms with van der Waals surface area (Å²) in [7, 11) is 0. The highest BCUT2D eigenvalue weighted by molar-refractivity contribution is 6.33. The Labute approximate surface area is 159 Å². The number of amides is 4. The summed E-state index contributed by atoms with van der Waals surface area (Å²) in [4.78, 5) is 48.9. The number of halogens is 2. The van der Waals surface area contributed by atoms with E-state index in [2.05, 4.69) is 10.6 Å². The van der Waals surface area contributed by atoms with Crippen molar-refractivity contribution in [1.29, 1.82) is 0 Å². The SMILES string of the molecule is C[C@@]1(C2CC2)NC(=O)N(CC(=O)OCC(=O)Nc2ccc(F)cc2Cl)C1=O. The van der Waals surface area contributed by atoms with Crippen LogP contribution in [0.15, 0.2) is 18.2 Å². The van der Waals surface area contributed by atoms with Gasteiger partial charge in [-0.25, -0.2) is 9.18 Å². The molecule has 3 rings (SSSR count). The van der Waals surface area contributed by atoms with Crippen molar-refractivity contribution >= 4 is 41.1 Å². The summed E-state index contributed by atoms with van der Waals surface area (Å²) in [6, 6.07) is 2.75. The van der Waals surface area contributed by atoms with Crippen molar-refractivity contribution in [2.45, 2.75) is 25.3 Å². The van der Waals surface area contributed by atoms with Crippen molar-refractivity contribution in [1.82, 2.24) is 10.2 Å². The Kier molecular flexibility index (Phi) is 5.05. The van der Waals surface area contributed by atoms with E-state index in [4.69, 9.17) is 16.3 Å². The number of urea groups is 1. The monoisotopic (exact) mass is 397 g/mol. The van der Waals surface area contributed by atoms with Crippen molar-refractivity contribution in [3.63, 3.8) is 0 Å². The molecule has 1 aromatic rings. The Hall–Kier alpha value is -2.68. The second-order valence-corrected chi connectivity index (χ2v) is 7.04. The van der Waals surface area contributed by atoms with E-state index in [0.29, 0.717) is 0 Å². The fourth-order valence-electron chi connectivity index (χ4n) is 2.89. The molecule has 2 N–H and O–H groups in total. The van der Waals surface area contributed by atoms with Crippen LogP contribution in [0.25, 0.3) is 0 Å². The van der Waals surface area contributed by atoms with Crippen LogP contribution in [0, 0.1) is 11.7 Å². The summed E-state index contributed by atoms with van der Waals surface area (Å²) < 4.78 is 17.8. The fraction of sp³-hybridized carbons (Fsp3) is 0.412. The lowest BCUT2D eigenvalue weighted by Crippen LogP contribution is -2.46. The van der Waals surface area contributed by atoms with Gasteiger partial charge >= 0.3 is 12.0 Å². The minimum atomic E-state index is -0.992. The van der Waals surface area contributed by atoms with Gasteiger partial charge in [0.25, 0.3) is 11.8 Å². The summed E-state index contributed by atoms with van der Waals surface area (Å²) in [5.74, 6) is -2.57. The first-order valence-corrected chi connectivity index (χ1v) is 8.63. The molecule has 2 aliphatic rings. The van der Waals surface area contributed by atoms with Gasteiger partial charge in [-0.2, -0.15) is 0 Å². The zero-order chi connectivity index (χ0) is 19.8. The third kappa shape index (κ3) is 4.02. The Balaban J connectivity index is 1.50. The number of imide groups is 1. The maximum absolute atomic E-state index is 13.0. The Morgan fingerprint density at radius 1 is 1.41 bits per heavy atom. The molecule has 2 fully saturated rings. The third-order valence-electron chi connectivity index (χ3n) is 4.55. The van der Waals surface area contributed by atoms with Crippen LogP contribution in [0.2, 0.25) is 5.02 Å². The van der Waals surface area contributed by atoms with Crippen molar-refractivity contribution in [3.05, 3.63) is 29.0 Å². The molecule has 0 aromatic heterocycles. The smallest absolute Gasteiger partial charge is 0.326 e. The number of ether oxygens (including phenoxy) is 1. The van der Waals surface area contributed by atoms with Crippen LogP contribution in [-0.2, 0) is 19.1 Å². The van der Waals surface area contributed by atoms with Crippen LogP contribution in [0.4, 0.5) is 14.9 Å². The highest BCUT2D eigenvalue weighted by atomic mass is 35.5. The average Bonchev–Trinajstić information content (AvgIpc) is 3.42. The third-order valence-corrected chi connectivity index (χ3v) is 4.86. The summed E-state index contributed by atoms with van der Waals surface area (Å²) in [6.45, 7) is 0.407. The zero-order valence-electron chi connectivity index (χ0n) is 14.4. The second-order valence-electron chi connectivity index (χ2n) is 6.63. The molecule has 1 saturated carbocycles. The molecule has 27 heavy (non-hydrogen) atoms. The van der Waals surface area contributed by atoms with Gasteiger partial charge in [-0.15, -0.1) is 0 Å². The fourth-order valence-corrected chi connectivity index (χ4v) is 3.11. The van der Waals surface area contributed by atoms with Gasteiger partial charge in [-0.05, 0) is 43.9 Å². The predicted molar refractivity (Wildman–Crippen MR) is 92.4 cm³/mol. The van der Waals surface area contributed by atoms with Gasteiger partial charge in [0.2, 0.25) is 0 Å². The molecule has 10 heteroatoms. The number of hydrogen-bond acceptors (Lipinski definition) is 5. The van der Waals surface area contributed by atoms with Crippen LogP contribution in [0.5, 0.6) is 0 Å². The van der Waals surface area contributed by atoms with Crippen LogP contribution >= 0.6 is 11.6 Å². The molecule has 0 bridgehead atoms. The lowest BCUT2D eigenvalue weighted by molar-refractivity contribution is -0.150. The predicted octanol–water partition coefficient (Wildman–Crippen LogP) is 1.68. The first-order valence-electron chi connectivity index (χ1n) is 8.25. The van der Waals surface area contributed by atoms with Crippen LogP contribution in [0.3, 0.4) is 0 Å². The minimum Gasteiger partial charge on any atom is -0.454 e. The number of hydrogen-bond donors (Lipinski definition) is 2. The van der Waals surface area contributed by atoms with Gasteiger partial charge in [0.1, 0.15) is 17.9 Å². The summed E-state index contributed by atoms with van der Waals surface area (Å²) in [5.41, 5.74) is -0.831. The number of carbonyl (C=O) groups is 4. The van der Waals surface area contributed by atoms with E-state index in [-0.39, 0.29) is 16.6 Å². The number of benzene rings is 1. The molecule has 1 aromatic carbocycles. The summed E-state index contributed by atoms with van der Waals surface area (Å²) in [6.07, 6.45) is 1.68. The molecule has 8 nitrogen and oxygen atoms in total. The van der Waals surface area contributed by atoms with Gasteiger partial charge in [0, 0.05) is 0 Å². The molecular weight excluding hydrogens is 381 g/mol.